The van der Waals surface area contributed by atoms with Crippen molar-refractivity contribution in [1.82, 2.24) is 0 Å². The van der Waals surface area contributed by atoms with E-state index in [0.29, 0.717) is 12.3 Å². The van der Waals surface area contributed by atoms with Gasteiger partial charge in [-0.1, -0.05) is 50.6 Å². The first-order chi connectivity index (χ1) is 13.0. The van der Waals surface area contributed by atoms with E-state index in [1.165, 1.54) is 5.57 Å². The summed E-state index contributed by atoms with van der Waals surface area (Å²) in [6.07, 6.45) is 12.0. The topological polar surface area (TPSA) is 52.6 Å². The predicted octanol–water partition coefficient (Wildman–Crippen LogP) is 6.34. The van der Waals surface area contributed by atoms with Gasteiger partial charge in [0.2, 0.25) is 0 Å². The third-order valence-electron chi connectivity index (χ3n) is 4.95. The molecule has 0 radical (unpaired) electrons. The quantitative estimate of drug-likeness (QED) is 0.360. The predicted molar refractivity (Wildman–Crippen MR) is 114 cm³/mol. The number of carbonyl (C=O) groups is 2. The molecule has 0 saturated heterocycles. The molecule has 0 aromatic heterocycles. The molecule has 156 valence electrons. The van der Waals surface area contributed by atoms with Crippen LogP contribution < -0.4 is 0 Å². The monoisotopic (exact) mass is 388 g/mol. The first-order valence-corrected chi connectivity index (χ1v) is 10.1. The Hall–Kier alpha value is -2.10. The number of ether oxygens (including phenoxy) is 2. The summed E-state index contributed by atoms with van der Waals surface area (Å²) in [6.45, 7) is 14.3. The molecule has 28 heavy (non-hydrogen) atoms. The van der Waals surface area contributed by atoms with Gasteiger partial charge >= 0.3 is 6.16 Å². The Balaban J connectivity index is 2.53. The largest absolute Gasteiger partial charge is 0.508 e. The van der Waals surface area contributed by atoms with Crippen molar-refractivity contribution in [3.05, 3.63) is 47.1 Å². The van der Waals surface area contributed by atoms with Gasteiger partial charge in [-0.25, -0.2) is 4.79 Å². The van der Waals surface area contributed by atoms with E-state index in [2.05, 4.69) is 39.0 Å². The van der Waals surface area contributed by atoms with Crippen LogP contribution >= 0.6 is 0 Å². The summed E-state index contributed by atoms with van der Waals surface area (Å²) >= 11 is 0. The molecule has 0 spiro atoms. The second kappa shape index (κ2) is 11.0. The Labute approximate surface area is 170 Å². The van der Waals surface area contributed by atoms with Crippen molar-refractivity contribution in [2.24, 2.45) is 11.3 Å². The lowest BCUT2D eigenvalue weighted by Crippen LogP contribution is -2.24. The normalized spacial score (nSPS) is 19.0. The van der Waals surface area contributed by atoms with E-state index in [1.54, 1.807) is 13.8 Å². The highest BCUT2D eigenvalue weighted by Gasteiger charge is 2.30. The van der Waals surface area contributed by atoms with Gasteiger partial charge in [-0.15, -0.1) is 0 Å². The molecule has 0 aromatic carbocycles. The van der Waals surface area contributed by atoms with E-state index in [-0.39, 0.29) is 23.9 Å². The van der Waals surface area contributed by atoms with Crippen LogP contribution in [0.25, 0.3) is 0 Å². The molecule has 0 bridgehead atoms. The lowest BCUT2D eigenvalue weighted by Gasteiger charge is -2.32. The smallest absolute Gasteiger partial charge is 0.432 e. The number of hydrogen-bond acceptors (Lipinski definition) is 4. The van der Waals surface area contributed by atoms with Gasteiger partial charge in [-0.2, -0.15) is 0 Å². The van der Waals surface area contributed by atoms with Crippen LogP contribution in [0.5, 0.6) is 0 Å². The summed E-state index contributed by atoms with van der Waals surface area (Å²) in [6, 6.07) is 0. The molecule has 1 rings (SSSR count). The number of ketones is 1. The lowest BCUT2D eigenvalue weighted by molar-refractivity contribution is -0.116. The molecular weight excluding hydrogens is 352 g/mol. The molecule has 1 aliphatic rings. The van der Waals surface area contributed by atoms with Crippen molar-refractivity contribution in [3.8, 4) is 0 Å². The maximum atomic E-state index is 12.0. The summed E-state index contributed by atoms with van der Waals surface area (Å²) in [4.78, 5) is 23.3. The summed E-state index contributed by atoms with van der Waals surface area (Å²) in [5, 5.41) is 0. The molecule has 1 aliphatic carbocycles. The summed E-state index contributed by atoms with van der Waals surface area (Å²) in [7, 11) is 0. The van der Waals surface area contributed by atoms with E-state index < -0.39 is 6.16 Å². The van der Waals surface area contributed by atoms with Gasteiger partial charge in [-0.3, -0.25) is 4.79 Å². The molecule has 0 aromatic rings. The molecule has 0 fully saturated rings. The van der Waals surface area contributed by atoms with Crippen molar-refractivity contribution in [3.63, 3.8) is 0 Å². The highest BCUT2D eigenvalue weighted by molar-refractivity contribution is 5.97. The van der Waals surface area contributed by atoms with E-state index >= 15 is 0 Å². The fraction of sp³-hybridized carbons (Fsp3) is 0.583. The van der Waals surface area contributed by atoms with Crippen LogP contribution in [0.1, 0.15) is 67.7 Å². The fourth-order valence-electron chi connectivity index (χ4n) is 3.10. The third-order valence-corrected chi connectivity index (χ3v) is 4.95. The van der Waals surface area contributed by atoms with Crippen molar-refractivity contribution in [1.29, 1.82) is 0 Å². The van der Waals surface area contributed by atoms with Crippen LogP contribution in [0.3, 0.4) is 0 Å². The Bertz CT molecular complexity index is 675. The van der Waals surface area contributed by atoms with Crippen LogP contribution in [0.2, 0.25) is 0 Å². The second-order valence-electron chi connectivity index (χ2n) is 8.50. The van der Waals surface area contributed by atoms with Gasteiger partial charge in [0.15, 0.2) is 5.78 Å². The van der Waals surface area contributed by atoms with Gasteiger partial charge in [0.05, 0.1) is 6.10 Å². The standard InChI is InChI=1S/C24H36O4/c1-17(2)28-23(26)27-16-14-19(4)10-8-9-18(3)11-12-21-20(5)22(25)13-15-24(21,6)7/h8,10-12,14,17-18H,9,13,15-16H2,1-7H3/b10-8+,12-11+,19-14+. The SMILES string of the molecule is CC1=C(/C=C/C(C)C/C=C/C(C)=C/COC(=O)OC(C)C)C(C)(C)CCC1=O. The molecule has 0 aliphatic heterocycles. The number of rotatable bonds is 8. The van der Waals surface area contributed by atoms with Gasteiger partial charge in [0.1, 0.15) is 6.61 Å². The Morgan fingerprint density at radius 2 is 1.93 bits per heavy atom. The summed E-state index contributed by atoms with van der Waals surface area (Å²) in [5.74, 6) is 0.640. The lowest BCUT2D eigenvalue weighted by atomic mass is 9.72. The minimum Gasteiger partial charge on any atom is -0.432 e. The van der Waals surface area contributed by atoms with Crippen molar-refractivity contribution < 1.29 is 19.1 Å². The van der Waals surface area contributed by atoms with Gasteiger partial charge in [0, 0.05) is 6.42 Å². The highest BCUT2D eigenvalue weighted by Crippen LogP contribution is 2.39. The molecule has 4 heteroatoms. The Morgan fingerprint density at radius 1 is 1.25 bits per heavy atom. The molecule has 4 nitrogen and oxygen atoms in total. The van der Waals surface area contributed by atoms with Crippen LogP contribution in [0, 0.1) is 11.3 Å². The van der Waals surface area contributed by atoms with Gasteiger partial charge in [-0.05, 0) is 69.1 Å². The van der Waals surface area contributed by atoms with Crippen LogP contribution in [0.4, 0.5) is 4.79 Å². The zero-order valence-corrected chi connectivity index (χ0v) is 18.5. The zero-order valence-electron chi connectivity index (χ0n) is 18.5. The molecule has 0 heterocycles. The first kappa shape index (κ1) is 23.9. The molecule has 0 saturated carbocycles. The van der Waals surface area contributed by atoms with Crippen LogP contribution in [-0.2, 0) is 14.3 Å². The first-order valence-electron chi connectivity index (χ1n) is 10.1. The van der Waals surface area contributed by atoms with E-state index in [9.17, 15) is 9.59 Å². The minimum atomic E-state index is -0.643. The molecule has 0 N–H and O–H groups in total. The van der Waals surface area contributed by atoms with Gasteiger partial charge < -0.3 is 9.47 Å². The van der Waals surface area contributed by atoms with Crippen molar-refractivity contribution >= 4 is 11.9 Å². The molecule has 0 amide bonds. The second-order valence-corrected chi connectivity index (χ2v) is 8.50. The summed E-state index contributed by atoms with van der Waals surface area (Å²) in [5.41, 5.74) is 3.16. The maximum Gasteiger partial charge on any atom is 0.508 e. The highest BCUT2D eigenvalue weighted by atomic mass is 16.7. The maximum absolute atomic E-state index is 12.0. The van der Waals surface area contributed by atoms with Crippen LogP contribution in [0.15, 0.2) is 47.1 Å². The molecular formula is C24H36O4. The average molecular weight is 389 g/mol. The van der Waals surface area contributed by atoms with E-state index in [0.717, 1.165) is 24.0 Å². The van der Waals surface area contributed by atoms with Crippen molar-refractivity contribution in [2.45, 2.75) is 73.8 Å². The number of allylic oxidation sites excluding steroid dienone is 7. The van der Waals surface area contributed by atoms with E-state index in [4.69, 9.17) is 9.47 Å². The Morgan fingerprint density at radius 3 is 2.57 bits per heavy atom. The minimum absolute atomic E-state index is 0.0557. The molecule has 1 unspecified atom stereocenters. The number of hydrogen-bond donors (Lipinski definition) is 0. The number of Topliss-reactive ketones (excluding diaryl/α,β-unsaturated/α-hetero) is 1. The third kappa shape index (κ3) is 8.28. The van der Waals surface area contributed by atoms with E-state index in [1.807, 2.05) is 26.0 Å². The zero-order chi connectivity index (χ0) is 21.3. The Kier molecular flexibility index (Phi) is 9.44. The van der Waals surface area contributed by atoms with Gasteiger partial charge in [0.25, 0.3) is 0 Å². The van der Waals surface area contributed by atoms with Crippen LogP contribution in [-0.4, -0.2) is 24.6 Å². The number of carbonyl (C=O) groups excluding carboxylic acids is 2. The summed E-state index contributed by atoms with van der Waals surface area (Å²) < 4.78 is 9.89. The fourth-order valence-corrected chi connectivity index (χ4v) is 3.10. The average Bonchev–Trinajstić information content (AvgIpc) is 2.57. The van der Waals surface area contributed by atoms with Crippen molar-refractivity contribution in [2.75, 3.05) is 6.61 Å². The molecule has 1 atom stereocenters.